The standard InChI is InChI=1S/C24H29ClF3N7O/c1-15-10-34(21-30-8-18(9-31-21)24(26,27)28)11-16(2)35(15)22(36)32-19-6-23(7-19)13-33(14-23)12-17-4-3-5-29-20(17)25/h3-5,8-9,15-16,19H,6-7,10-14H2,1-2H3,(H,32,36)/t15-,16+. The van der Waals surface area contributed by atoms with Gasteiger partial charge < -0.3 is 15.1 Å². The van der Waals surface area contributed by atoms with Crippen LogP contribution in [0, 0.1) is 5.41 Å². The molecule has 2 aromatic rings. The van der Waals surface area contributed by atoms with Crippen molar-refractivity contribution in [2.24, 2.45) is 5.41 Å². The highest BCUT2D eigenvalue weighted by Gasteiger charge is 2.53. The number of alkyl halides is 3. The van der Waals surface area contributed by atoms with Gasteiger partial charge in [-0.15, -0.1) is 0 Å². The molecule has 1 spiro atoms. The van der Waals surface area contributed by atoms with Crippen LogP contribution >= 0.6 is 11.6 Å². The molecule has 1 saturated carbocycles. The van der Waals surface area contributed by atoms with Crippen molar-refractivity contribution in [2.75, 3.05) is 31.1 Å². The number of aromatic nitrogens is 3. The third-order valence-electron chi connectivity index (χ3n) is 7.44. The molecule has 4 heterocycles. The molecule has 2 amide bonds. The highest BCUT2D eigenvalue weighted by atomic mass is 35.5. The van der Waals surface area contributed by atoms with E-state index in [9.17, 15) is 18.0 Å². The van der Waals surface area contributed by atoms with Crippen LogP contribution in [0.4, 0.5) is 23.9 Å². The quantitative estimate of drug-likeness (QED) is 0.614. The average Bonchev–Trinajstić information content (AvgIpc) is 2.76. The smallest absolute Gasteiger partial charge is 0.337 e. The van der Waals surface area contributed by atoms with E-state index in [2.05, 4.69) is 25.2 Å². The molecule has 1 aliphatic carbocycles. The lowest BCUT2D eigenvalue weighted by atomic mass is 9.60. The molecule has 0 bridgehead atoms. The Morgan fingerprint density at radius 3 is 2.36 bits per heavy atom. The number of pyridine rings is 1. The lowest BCUT2D eigenvalue weighted by molar-refractivity contribution is -0.138. The molecule has 5 rings (SSSR count). The van der Waals surface area contributed by atoms with Crippen LogP contribution in [0.2, 0.25) is 5.15 Å². The SMILES string of the molecule is C[C@@H]1CN(c2ncc(C(F)(F)F)cn2)C[C@H](C)N1C(=O)NC1CC2(C1)CN(Cc1cccnc1Cl)C2. The number of urea groups is 1. The van der Waals surface area contributed by atoms with Crippen molar-refractivity contribution in [3.05, 3.63) is 47.0 Å². The van der Waals surface area contributed by atoms with E-state index in [1.54, 1.807) is 6.20 Å². The van der Waals surface area contributed by atoms with Gasteiger partial charge in [-0.1, -0.05) is 17.7 Å². The van der Waals surface area contributed by atoms with Gasteiger partial charge in [0.2, 0.25) is 5.95 Å². The van der Waals surface area contributed by atoms with E-state index in [4.69, 9.17) is 11.6 Å². The van der Waals surface area contributed by atoms with Crippen LogP contribution in [-0.2, 0) is 12.7 Å². The maximum atomic E-state index is 13.1. The molecule has 2 atom stereocenters. The Morgan fingerprint density at radius 2 is 1.78 bits per heavy atom. The topological polar surface area (TPSA) is 77.5 Å². The van der Waals surface area contributed by atoms with E-state index < -0.39 is 11.7 Å². The summed E-state index contributed by atoms with van der Waals surface area (Å²) in [7, 11) is 0. The number of carbonyl (C=O) groups excluding carboxylic acids is 1. The minimum absolute atomic E-state index is 0.0961. The molecule has 12 heteroatoms. The van der Waals surface area contributed by atoms with E-state index in [-0.39, 0.29) is 35.5 Å². The van der Waals surface area contributed by atoms with Crippen LogP contribution in [0.5, 0.6) is 0 Å². The van der Waals surface area contributed by atoms with Crippen LogP contribution in [-0.4, -0.2) is 75.1 Å². The molecule has 0 radical (unpaired) electrons. The number of halogens is 4. The van der Waals surface area contributed by atoms with Crippen molar-refractivity contribution in [1.29, 1.82) is 0 Å². The lowest BCUT2D eigenvalue weighted by Crippen LogP contribution is -2.68. The molecule has 2 aliphatic heterocycles. The first-order valence-corrected chi connectivity index (χ1v) is 12.5. The van der Waals surface area contributed by atoms with Crippen LogP contribution in [0.3, 0.4) is 0 Å². The monoisotopic (exact) mass is 523 g/mol. The second kappa shape index (κ2) is 9.33. The summed E-state index contributed by atoms with van der Waals surface area (Å²) in [6, 6.07) is 3.66. The van der Waals surface area contributed by atoms with E-state index in [1.165, 1.54) is 0 Å². The fourth-order valence-corrected chi connectivity index (χ4v) is 6.08. The van der Waals surface area contributed by atoms with E-state index in [0.717, 1.165) is 50.4 Å². The lowest BCUT2D eigenvalue weighted by Gasteiger charge is -2.59. The van der Waals surface area contributed by atoms with Gasteiger partial charge in [-0.2, -0.15) is 13.2 Å². The second-order valence-electron chi connectivity index (χ2n) is 10.4. The van der Waals surface area contributed by atoms with Gasteiger partial charge in [0.25, 0.3) is 0 Å². The Bertz CT molecular complexity index is 1090. The molecule has 2 aromatic heterocycles. The fraction of sp³-hybridized carbons (Fsp3) is 0.583. The predicted molar refractivity (Wildman–Crippen MR) is 129 cm³/mol. The zero-order valence-electron chi connectivity index (χ0n) is 20.2. The maximum Gasteiger partial charge on any atom is 0.419 e. The number of hydrogen-bond acceptors (Lipinski definition) is 6. The number of amides is 2. The highest BCUT2D eigenvalue weighted by Crippen LogP contribution is 2.49. The van der Waals surface area contributed by atoms with Crippen molar-refractivity contribution in [3.8, 4) is 0 Å². The van der Waals surface area contributed by atoms with Gasteiger partial charge in [0.1, 0.15) is 5.15 Å². The molecule has 3 aliphatic rings. The Balaban J connectivity index is 1.09. The van der Waals surface area contributed by atoms with Gasteiger partial charge in [0, 0.05) is 75.0 Å². The summed E-state index contributed by atoms with van der Waals surface area (Å²) in [4.78, 5) is 31.0. The summed E-state index contributed by atoms with van der Waals surface area (Å²) in [5, 5.41) is 3.73. The van der Waals surface area contributed by atoms with Gasteiger partial charge in [-0.25, -0.2) is 19.7 Å². The zero-order chi connectivity index (χ0) is 25.7. The van der Waals surface area contributed by atoms with Crippen LogP contribution in [0.25, 0.3) is 0 Å². The molecule has 0 aromatic carbocycles. The Morgan fingerprint density at radius 1 is 1.14 bits per heavy atom. The van der Waals surface area contributed by atoms with Crippen molar-refractivity contribution in [3.63, 3.8) is 0 Å². The van der Waals surface area contributed by atoms with Gasteiger partial charge in [-0.05, 0) is 38.2 Å². The van der Waals surface area contributed by atoms with Gasteiger partial charge in [-0.3, -0.25) is 4.90 Å². The molecule has 8 nitrogen and oxygen atoms in total. The summed E-state index contributed by atoms with van der Waals surface area (Å²) in [5.74, 6) is 0.241. The molecule has 1 N–H and O–H groups in total. The number of rotatable bonds is 4. The number of piperazine rings is 1. The molecule has 0 unspecified atom stereocenters. The molecular weight excluding hydrogens is 495 g/mol. The number of anilines is 1. The maximum absolute atomic E-state index is 13.1. The summed E-state index contributed by atoms with van der Waals surface area (Å²) >= 11 is 6.17. The van der Waals surface area contributed by atoms with Crippen molar-refractivity contribution in [2.45, 2.75) is 57.5 Å². The van der Waals surface area contributed by atoms with Crippen molar-refractivity contribution in [1.82, 2.24) is 30.1 Å². The number of likely N-dealkylation sites (tertiary alicyclic amines) is 1. The first-order chi connectivity index (χ1) is 17.0. The Labute approximate surface area is 212 Å². The first-order valence-electron chi connectivity index (χ1n) is 12.1. The third kappa shape index (κ3) is 4.95. The fourth-order valence-electron chi connectivity index (χ4n) is 5.90. The predicted octanol–water partition coefficient (Wildman–Crippen LogP) is 3.82. The average molecular weight is 524 g/mol. The molecular formula is C24H29ClF3N7O. The van der Waals surface area contributed by atoms with E-state index in [0.29, 0.717) is 18.2 Å². The Kier molecular flexibility index (Phi) is 6.48. The van der Waals surface area contributed by atoms with Crippen LogP contribution in [0.1, 0.15) is 37.8 Å². The molecule has 36 heavy (non-hydrogen) atoms. The van der Waals surface area contributed by atoms with Gasteiger partial charge >= 0.3 is 12.2 Å². The number of hydrogen-bond donors (Lipinski definition) is 1. The highest BCUT2D eigenvalue weighted by molar-refractivity contribution is 6.30. The summed E-state index contributed by atoms with van der Waals surface area (Å²) in [6.45, 7) is 7.52. The number of nitrogens with zero attached hydrogens (tertiary/aromatic N) is 6. The largest absolute Gasteiger partial charge is 0.419 e. The van der Waals surface area contributed by atoms with Crippen molar-refractivity contribution >= 4 is 23.6 Å². The number of carbonyl (C=O) groups is 1. The minimum atomic E-state index is -4.47. The van der Waals surface area contributed by atoms with Gasteiger partial charge in [0.15, 0.2) is 0 Å². The van der Waals surface area contributed by atoms with Crippen LogP contribution in [0.15, 0.2) is 30.7 Å². The third-order valence-corrected chi connectivity index (χ3v) is 7.78. The normalized spacial score (nSPS) is 24.4. The minimum Gasteiger partial charge on any atom is -0.337 e. The van der Waals surface area contributed by atoms with Crippen LogP contribution < -0.4 is 10.2 Å². The van der Waals surface area contributed by atoms with E-state index in [1.807, 2.05) is 35.8 Å². The van der Waals surface area contributed by atoms with Gasteiger partial charge in [0.05, 0.1) is 5.56 Å². The first kappa shape index (κ1) is 25.0. The molecule has 2 saturated heterocycles. The molecule has 3 fully saturated rings. The van der Waals surface area contributed by atoms with E-state index >= 15 is 0 Å². The number of nitrogens with one attached hydrogen (secondary N) is 1. The molecule has 194 valence electrons. The summed E-state index contributed by atoms with van der Waals surface area (Å²) < 4.78 is 38.4. The Hall–Kier alpha value is -2.66. The van der Waals surface area contributed by atoms with Crippen molar-refractivity contribution < 1.29 is 18.0 Å². The summed E-state index contributed by atoms with van der Waals surface area (Å²) in [6.07, 6.45) is 0.732. The summed E-state index contributed by atoms with van der Waals surface area (Å²) in [5.41, 5.74) is 0.420. The second-order valence-corrected chi connectivity index (χ2v) is 10.8. The zero-order valence-corrected chi connectivity index (χ0v) is 20.9.